The van der Waals surface area contributed by atoms with Gasteiger partial charge in [0, 0.05) is 12.1 Å². The topological polar surface area (TPSA) is 29.5 Å². The van der Waals surface area contributed by atoms with Crippen LogP contribution in [0.4, 0.5) is 0 Å². The normalized spacial score (nSPS) is 23.8. The standard InChI is InChI=1S/C10H19NO2/c1-5-13-9(12)8-6-7-11(8)10(2,3)4/h8H,5-7H2,1-4H3/t8-/m1/s1. The first-order valence-electron chi connectivity index (χ1n) is 4.90. The Labute approximate surface area is 80.1 Å². The Hall–Kier alpha value is -0.570. The minimum Gasteiger partial charge on any atom is -0.465 e. The number of carbonyl (C=O) groups excluding carboxylic acids is 1. The zero-order chi connectivity index (χ0) is 10.1. The number of carbonyl (C=O) groups is 1. The van der Waals surface area contributed by atoms with Gasteiger partial charge in [-0.3, -0.25) is 9.69 Å². The molecule has 0 aliphatic carbocycles. The maximum Gasteiger partial charge on any atom is 0.323 e. The van der Waals surface area contributed by atoms with Crippen LogP contribution in [-0.2, 0) is 9.53 Å². The Bertz CT molecular complexity index is 196. The number of hydrogen-bond donors (Lipinski definition) is 0. The third-order valence-corrected chi connectivity index (χ3v) is 2.44. The van der Waals surface area contributed by atoms with E-state index in [2.05, 4.69) is 25.7 Å². The van der Waals surface area contributed by atoms with E-state index in [0.29, 0.717) is 6.61 Å². The van der Waals surface area contributed by atoms with Gasteiger partial charge in [-0.25, -0.2) is 0 Å². The molecule has 0 saturated carbocycles. The zero-order valence-electron chi connectivity index (χ0n) is 8.96. The number of nitrogens with zero attached hydrogens (tertiary/aromatic N) is 1. The molecule has 1 aliphatic heterocycles. The van der Waals surface area contributed by atoms with Crippen molar-refractivity contribution in [3.05, 3.63) is 0 Å². The van der Waals surface area contributed by atoms with Gasteiger partial charge in [0.15, 0.2) is 0 Å². The van der Waals surface area contributed by atoms with E-state index < -0.39 is 0 Å². The molecule has 1 aliphatic rings. The van der Waals surface area contributed by atoms with Crippen molar-refractivity contribution >= 4 is 5.97 Å². The highest BCUT2D eigenvalue weighted by Crippen LogP contribution is 2.27. The minimum absolute atomic E-state index is 0.0000463. The van der Waals surface area contributed by atoms with Crippen LogP contribution in [0, 0.1) is 0 Å². The van der Waals surface area contributed by atoms with Crippen molar-refractivity contribution in [2.75, 3.05) is 13.2 Å². The maximum absolute atomic E-state index is 11.4. The molecule has 1 saturated heterocycles. The summed E-state index contributed by atoms with van der Waals surface area (Å²) in [4.78, 5) is 13.6. The van der Waals surface area contributed by atoms with Crippen molar-refractivity contribution < 1.29 is 9.53 Å². The van der Waals surface area contributed by atoms with Gasteiger partial charge in [0.25, 0.3) is 0 Å². The summed E-state index contributed by atoms with van der Waals surface area (Å²) in [5.41, 5.74) is 0.0790. The first-order valence-corrected chi connectivity index (χ1v) is 4.90. The average Bonchev–Trinajstić information content (AvgIpc) is 1.79. The number of hydrogen-bond acceptors (Lipinski definition) is 3. The Balaban J connectivity index is 2.50. The SMILES string of the molecule is CCOC(=O)[C@H]1CCN1C(C)(C)C. The molecule has 0 bridgehead atoms. The van der Waals surface area contributed by atoms with Crippen molar-refractivity contribution in [1.29, 1.82) is 0 Å². The molecule has 76 valence electrons. The lowest BCUT2D eigenvalue weighted by Crippen LogP contribution is -2.60. The van der Waals surface area contributed by atoms with Crippen LogP contribution in [0.2, 0.25) is 0 Å². The first-order chi connectivity index (χ1) is 5.96. The summed E-state index contributed by atoms with van der Waals surface area (Å²) in [5, 5.41) is 0. The highest BCUT2D eigenvalue weighted by Gasteiger charge is 2.41. The molecule has 3 heteroatoms. The number of esters is 1. The molecular formula is C10H19NO2. The van der Waals surface area contributed by atoms with Crippen molar-refractivity contribution in [3.63, 3.8) is 0 Å². The van der Waals surface area contributed by atoms with Gasteiger partial charge in [-0.15, -0.1) is 0 Å². The fourth-order valence-corrected chi connectivity index (χ4v) is 1.67. The molecule has 1 atom stereocenters. The lowest BCUT2D eigenvalue weighted by atomic mass is 9.93. The first kappa shape index (κ1) is 10.5. The largest absolute Gasteiger partial charge is 0.465 e. The van der Waals surface area contributed by atoms with Crippen LogP contribution in [0.15, 0.2) is 0 Å². The van der Waals surface area contributed by atoms with Crippen LogP contribution in [0.5, 0.6) is 0 Å². The third-order valence-electron chi connectivity index (χ3n) is 2.44. The molecular weight excluding hydrogens is 166 g/mol. The second kappa shape index (κ2) is 3.66. The van der Waals surface area contributed by atoms with Crippen LogP contribution < -0.4 is 0 Å². The van der Waals surface area contributed by atoms with Gasteiger partial charge in [0.2, 0.25) is 0 Å². The Kier molecular flexibility index (Phi) is 2.96. The monoisotopic (exact) mass is 185 g/mol. The predicted molar refractivity (Wildman–Crippen MR) is 51.5 cm³/mol. The Morgan fingerprint density at radius 2 is 2.15 bits per heavy atom. The van der Waals surface area contributed by atoms with E-state index in [9.17, 15) is 4.79 Å². The molecule has 0 amide bonds. The van der Waals surface area contributed by atoms with Gasteiger partial charge in [-0.2, -0.15) is 0 Å². The summed E-state index contributed by atoms with van der Waals surface area (Å²) in [5.74, 6) is -0.0660. The lowest BCUT2D eigenvalue weighted by Gasteiger charge is -2.47. The Morgan fingerprint density at radius 1 is 1.54 bits per heavy atom. The smallest absolute Gasteiger partial charge is 0.323 e. The van der Waals surface area contributed by atoms with Gasteiger partial charge in [-0.1, -0.05) is 0 Å². The highest BCUT2D eigenvalue weighted by atomic mass is 16.5. The van der Waals surface area contributed by atoms with E-state index in [1.807, 2.05) is 6.92 Å². The van der Waals surface area contributed by atoms with Crippen LogP contribution in [0.1, 0.15) is 34.1 Å². The molecule has 1 rings (SSSR count). The Morgan fingerprint density at radius 3 is 2.46 bits per heavy atom. The average molecular weight is 185 g/mol. The van der Waals surface area contributed by atoms with Crippen molar-refractivity contribution in [1.82, 2.24) is 4.90 Å². The highest BCUT2D eigenvalue weighted by molar-refractivity contribution is 5.77. The minimum atomic E-state index is -0.0660. The number of likely N-dealkylation sites (tertiary alicyclic amines) is 1. The summed E-state index contributed by atoms with van der Waals surface area (Å²) in [7, 11) is 0. The quantitative estimate of drug-likeness (QED) is 0.609. The predicted octanol–water partition coefficient (Wildman–Crippen LogP) is 1.42. The maximum atomic E-state index is 11.4. The molecule has 3 nitrogen and oxygen atoms in total. The van der Waals surface area contributed by atoms with Gasteiger partial charge in [0.05, 0.1) is 6.61 Å². The van der Waals surface area contributed by atoms with E-state index in [4.69, 9.17) is 4.74 Å². The van der Waals surface area contributed by atoms with Crippen LogP contribution in [-0.4, -0.2) is 35.6 Å². The molecule has 1 heterocycles. The molecule has 13 heavy (non-hydrogen) atoms. The summed E-state index contributed by atoms with van der Waals surface area (Å²) < 4.78 is 4.99. The molecule has 0 spiro atoms. The van der Waals surface area contributed by atoms with Gasteiger partial charge < -0.3 is 4.74 Å². The van der Waals surface area contributed by atoms with Gasteiger partial charge in [-0.05, 0) is 34.1 Å². The molecule has 1 fully saturated rings. The van der Waals surface area contributed by atoms with Crippen molar-refractivity contribution in [3.8, 4) is 0 Å². The number of ether oxygens (including phenoxy) is 1. The van der Waals surface area contributed by atoms with Crippen LogP contribution >= 0.6 is 0 Å². The van der Waals surface area contributed by atoms with Crippen molar-refractivity contribution in [2.24, 2.45) is 0 Å². The lowest BCUT2D eigenvalue weighted by molar-refractivity contribution is -0.158. The van der Waals surface area contributed by atoms with Crippen LogP contribution in [0.25, 0.3) is 0 Å². The van der Waals surface area contributed by atoms with Crippen molar-refractivity contribution in [2.45, 2.75) is 45.7 Å². The summed E-state index contributed by atoms with van der Waals surface area (Å²) in [6, 6.07) is -0.0000463. The van der Waals surface area contributed by atoms with E-state index in [1.165, 1.54) is 0 Å². The van der Waals surface area contributed by atoms with Gasteiger partial charge >= 0.3 is 5.97 Å². The second-order valence-electron chi connectivity index (χ2n) is 4.42. The fourth-order valence-electron chi connectivity index (χ4n) is 1.67. The summed E-state index contributed by atoms with van der Waals surface area (Å²) in [6.07, 6.45) is 0.941. The molecule has 0 N–H and O–H groups in total. The van der Waals surface area contributed by atoms with E-state index in [-0.39, 0.29) is 17.6 Å². The van der Waals surface area contributed by atoms with E-state index in [0.717, 1.165) is 13.0 Å². The molecule has 0 aromatic carbocycles. The fraction of sp³-hybridized carbons (Fsp3) is 0.900. The summed E-state index contributed by atoms with van der Waals surface area (Å²) >= 11 is 0. The van der Waals surface area contributed by atoms with Gasteiger partial charge in [0.1, 0.15) is 6.04 Å². The molecule has 0 aromatic heterocycles. The molecule has 0 aromatic rings. The van der Waals surface area contributed by atoms with E-state index in [1.54, 1.807) is 0 Å². The second-order valence-corrected chi connectivity index (χ2v) is 4.42. The molecule has 0 unspecified atom stereocenters. The van der Waals surface area contributed by atoms with E-state index >= 15 is 0 Å². The summed E-state index contributed by atoms with van der Waals surface area (Å²) in [6.45, 7) is 9.70. The molecule has 0 radical (unpaired) electrons. The number of rotatable bonds is 2. The zero-order valence-corrected chi connectivity index (χ0v) is 8.96. The third kappa shape index (κ3) is 2.21. The van der Waals surface area contributed by atoms with Crippen LogP contribution in [0.3, 0.4) is 0 Å².